The summed E-state index contributed by atoms with van der Waals surface area (Å²) in [5, 5.41) is 6.03. The molecular weight excluding hydrogens is 313 g/mol. The van der Waals surface area contributed by atoms with Crippen molar-refractivity contribution in [2.24, 2.45) is 5.92 Å². The average Bonchev–Trinajstić information content (AvgIpc) is 2.41. The van der Waals surface area contributed by atoms with E-state index in [4.69, 9.17) is 4.74 Å². The van der Waals surface area contributed by atoms with Gasteiger partial charge < -0.3 is 15.4 Å². The lowest BCUT2D eigenvalue weighted by Gasteiger charge is -2.35. The highest BCUT2D eigenvalue weighted by molar-refractivity contribution is 5.85. The Kier molecular flexibility index (Phi) is 15.0. The molecule has 0 spiro atoms. The number of hydrogen-bond acceptors (Lipinski definition) is 4. The number of carbonyl (C=O) groups excluding carboxylic acids is 1. The number of amides is 1. The standard InChI is InChI=1S/C14H29N3O2.2ClH/c1-12-5-4-7-17(11-12)13(2)9-16-14(18)10-15-6-8-19-3;;/h12-13,15H,4-11H2,1-3H3,(H,16,18);2*1H. The highest BCUT2D eigenvalue weighted by atomic mass is 35.5. The predicted octanol–water partition coefficient (Wildman–Crippen LogP) is 1.30. The molecule has 1 heterocycles. The minimum atomic E-state index is 0. The first-order valence-corrected chi connectivity index (χ1v) is 7.34. The Morgan fingerprint density at radius 3 is 2.76 bits per heavy atom. The van der Waals surface area contributed by atoms with E-state index in [2.05, 4.69) is 29.4 Å². The van der Waals surface area contributed by atoms with E-state index in [1.165, 1.54) is 12.8 Å². The molecule has 7 heteroatoms. The second kappa shape index (κ2) is 13.6. The van der Waals surface area contributed by atoms with Crippen LogP contribution in [0.5, 0.6) is 0 Å². The van der Waals surface area contributed by atoms with E-state index in [-0.39, 0.29) is 30.7 Å². The third-order valence-electron chi connectivity index (χ3n) is 3.67. The minimum Gasteiger partial charge on any atom is -0.383 e. The number of hydrogen-bond donors (Lipinski definition) is 2. The van der Waals surface area contributed by atoms with Crippen molar-refractivity contribution in [1.82, 2.24) is 15.5 Å². The van der Waals surface area contributed by atoms with Crippen LogP contribution in [0, 0.1) is 5.92 Å². The van der Waals surface area contributed by atoms with Crippen molar-refractivity contribution < 1.29 is 9.53 Å². The van der Waals surface area contributed by atoms with Crippen LogP contribution in [0.15, 0.2) is 0 Å². The van der Waals surface area contributed by atoms with Crippen molar-refractivity contribution in [3.05, 3.63) is 0 Å². The van der Waals surface area contributed by atoms with Crippen LogP contribution in [-0.2, 0) is 9.53 Å². The van der Waals surface area contributed by atoms with Gasteiger partial charge in [-0.1, -0.05) is 6.92 Å². The Morgan fingerprint density at radius 1 is 1.43 bits per heavy atom. The Labute approximate surface area is 141 Å². The summed E-state index contributed by atoms with van der Waals surface area (Å²) in [5.41, 5.74) is 0. The Bertz CT molecular complexity index is 271. The van der Waals surface area contributed by atoms with Crippen molar-refractivity contribution in [2.75, 3.05) is 46.4 Å². The molecule has 0 radical (unpaired) electrons. The SMILES string of the molecule is COCCNCC(=O)NCC(C)N1CCCC(C)C1.Cl.Cl. The lowest BCUT2D eigenvalue weighted by molar-refractivity contribution is -0.120. The fraction of sp³-hybridized carbons (Fsp3) is 0.929. The van der Waals surface area contributed by atoms with Crippen LogP contribution < -0.4 is 10.6 Å². The van der Waals surface area contributed by atoms with Crippen molar-refractivity contribution in [3.8, 4) is 0 Å². The molecule has 0 aromatic rings. The number of likely N-dealkylation sites (tertiary alicyclic amines) is 1. The maximum atomic E-state index is 11.6. The van der Waals surface area contributed by atoms with Crippen LogP contribution in [0.25, 0.3) is 0 Å². The van der Waals surface area contributed by atoms with Gasteiger partial charge in [0.1, 0.15) is 0 Å². The molecule has 2 unspecified atom stereocenters. The summed E-state index contributed by atoms with van der Waals surface area (Å²) < 4.78 is 4.91. The van der Waals surface area contributed by atoms with Gasteiger partial charge in [0.05, 0.1) is 13.2 Å². The van der Waals surface area contributed by atoms with Crippen LogP contribution in [0.2, 0.25) is 0 Å². The number of carbonyl (C=O) groups is 1. The number of nitrogens with one attached hydrogen (secondary N) is 2. The van der Waals surface area contributed by atoms with E-state index < -0.39 is 0 Å². The molecule has 1 fully saturated rings. The molecule has 1 rings (SSSR count). The topological polar surface area (TPSA) is 53.6 Å². The smallest absolute Gasteiger partial charge is 0.234 e. The molecule has 0 bridgehead atoms. The van der Waals surface area contributed by atoms with Gasteiger partial charge in [0, 0.05) is 32.8 Å². The summed E-state index contributed by atoms with van der Waals surface area (Å²) in [7, 11) is 1.66. The zero-order chi connectivity index (χ0) is 14.1. The number of methoxy groups -OCH3 is 1. The highest BCUT2D eigenvalue weighted by Crippen LogP contribution is 2.17. The largest absolute Gasteiger partial charge is 0.383 e. The lowest BCUT2D eigenvalue weighted by atomic mass is 9.99. The molecule has 2 atom stereocenters. The molecule has 1 amide bonds. The summed E-state index contributed by atoms with van der Waals surface area (Å²) in [6.07, 6.45) is 2.61. The first-order valence-electron chi connectivity index (χ1n) is 7.34. The van der Waals surface area contributed by atoms with Crippen molar-refractivity contribution in [1.29, 1.82) is 0 Å². The van der Waals surface area contributed by atoms with Gasteiger partial charge in [0.2, 0.25) is 5.91 Å². The van der Waals surface area contributed by atoms with Crippen LogP contribution in [0.1, 0.15) is 26.7 Å². The van der Waals surface area contributed by atoms with Gasteiger partial charge >= 0.3 is 0 Å². The van der Waals surface area contributed by atoms with Gasteiger partial charge in [-0.05, 0) is 32.2 Å². The predicted molar refractivity (Wildman–Crippen MR) is 91.7 cm³/mol. The normalized spacial score (nSPS) is 20.0. The van der Waals surface area contributed by atoms with Crippen LogP contribution in [-0.4, -0.2) is 63.3 Å². The molecule has 0 aliphatic carbocycles. The number of ether oxygens (including phenoxy) is 1. The van der Waals surface area contributed by atoms with Crippen LogP contribution >= 0.6 is 24.8 Å². The summed E-state index contributed by atoms with van der Waals surface area (Å²) >= 11 is 0. The number of halogens is 2. The van der Waals surface area contributed by atoms with Gasteiger partial charge in [-0.2, -0.15) is 0 Å². The molecule has 0 saturated carbocycles. The third-order valence-corrected chi connectivity index (χ3v) is 3.67. The molecular formula is C14H31Cl2N3O2. The maximum absolute atomic E-state index is 11.6. The third kappa shape index (κ3) is 10.3. The summed E-state index contributed by atoms with van der Waals surface area (Å²) in [6.45, 7) is 9.26. The average molecular weight is 344 g/mol. The first-order chi connectivity index (χ1) is 9.13. The molecule has 1 aliphatic rings. The fourth-order valence-electron chi connectivity index (χ4n) is 2.46. The summed E-state index contributed by atoms with van der Waals surface area (Å²) in [5.74, 6) is 0.843. The van der Waals surface area contributed by atoms with E-state index in [1.54, 1.807) is 7.11 Å². The zero-order valence-electron chi connectivity index (χ0n) is 13.4. The summed E-state index contributed by atoms with van der Waals surface area (Å²) in [6, 6.07) is 0.422. The minimum absolute atomic E-state index is 0. The summed E-state index contributed by atoms with van der Waals surface area (Å²) in [4.78, 5) is 14.1. The molecule has 2 N–H and O–H groups in total. The molecule has 0 aromatic heterocycles. The van der Waals surface area contributed by atoms with E-state index in [0.29, 0.717) is 25.7 Å². The fourth-order valence-corrected chi connectivity index (χ4v) is 2.46. The van der Waals surface area contributed by atoms with Crippen molar-refractivity contribution in [2.45, 2.75) is 32.7 Å². The van der Waals surface area contributed by atoms with E-state index in [9.17, 15) is 4.79 Å². The molecule has 1 saturated heterocycles. The van der Waals surface area contributed by atoms with E-state index in [1.807, 2.05) is 0 Å². The number of piperidine rings is 1. The second-order valence-corrected chi connectivity index (χ2v) is 5.57. The Balaban J connectivity index is 0. The van der Waals surface area contributed by atoms with E-state index >= 15 is 0 Å². The van der Waals surface area contributed by atoms with Gasteiger partial charge in [0.25, 0.3) is 0 Å². The molecule has 0 aromatic carbocycles. The maximum Gasteiger partial charge on any atom is 0.234 e. The quantitative estimate of drug-likeness (QED) is 0.652. The van der Waals surface area contributed by atoms with Crippen LogP contribution in [0.3, 0.4) is 0 Å². The van der Waals surface area contributed by atoms with Gasteiger partial charge in [-0.15, -0.1) is 24.8 Å². The van der Waals surface area contributed by atoms with Gasteiger partial charge in [-0.3, -0.25) is 9.69 Å². The van der Waals surface area contributed by atoms with Crippen molar-refractivity contribution in [3.63, 3.8) is 0 Å². The monoisotopic (exact) mass is 343 g/mol. The van der Waals surface area contributed by atoms with Crippen molar-refractivity contribution >= 4 is 30.7 Å². The van der Waals surface area contributed by atoms with E-state index in [0.717, 1.165) is 25.6 Å². The molecule has 21 heavy (non-hydrogen) atoms. The molecule has 1 aliphatic heterocycles. The molecule has 128 valence electrons. The van der Waals surface area contributed by atoms with Crippen LogP contribution in [0.4, 0.5) is 0 Å². The van der Waals surface area contributed by atoms with Gasteiger partial charge in [0.15, 0.2) is 0 Å². The number of rotatable bonds is 8. The number of nitrogens with zero attached hydrogens (tertiary/aromatic N) is 1. The second-order valence-electron chi connectivity index (χ2n) is 5.57. The first kappa shape index (κ1) is 23.2. The molecule has 5 nitrogen and oxygen atoms in total. The Hall–Kier alpha value is -0.0700. The highest BCUT2D eigenvalue weighted by Gasteiger charge is 2.20. The zero-order valence-corrected chi connectivity index (χ0v) is 15.0. The Morgan fingerprint density at radius 2 is 2.14 bits per heavy atom. The van der Waals surface area contributed by atoms with Gasteiger partial charge in [-0.25, -0.2) is 0 Å². The lowest BCUT2D eigenvalue weighted by Crippen LogP contribution is -2.47.